The van der Waals surface area contributed by atoms with Gasteiger partial charge in [-0.1, -0.05) is 24.4 Å². The van der Waals surface area contributed by atoms with Crippen LogP contribution in [0, 0.1) is 17.2 Å². The quantitative estimate of drug-likeness (QED) is 0.302. The molecule has 0 aliphatic heterocycles. The molecular weight excluding hydrogens is 439 g/mol. The molecule has 2 fully saturated rings. The van der Waals surface area contributed by atoms with Gasteiger partial charge in [-0.2, -0.15) is 4.98 Å². The van der Waals surface area contributed by atoms with Crippen molar-refractivity contribution in [2.24, 2.45) is 16.3 Å². The fraction of sp³-hybridized carbons (Fsp3) is 0.500. The first kappa shape index (κ1) is 23.5. The predicted octanol–water partition coefficient (Wildman–Crippen LogP) is 5.00. The Bertz CT molecular complexity index is 1050. The summed E-state index contributed by atoms with van der Waals surface area (Å²) in [6.07, 6.45) is 8.85. The van der Waals surface area contributed by atoms with Crippen molar-refractivity contribution < 1.29 is 9.18 Å². The molecule has 33 heavy (non-hydrogen) atoms. The van der Waals surface area contributed by atoms with Crippen LogP contribution in [0.3, 0.4) is 0 Å². The van der Waals surface area contributed by atoms with Crippen LogP contribution < -0.4 is 15.4 Å². The number of nitrogen functional groups attached to an aromatic ring is 1. The van der Waals surface area contributed by atoms with Crippen LogP contribution in [0.15, 0.2) is 29.4 Å². The number of rotatable bonds is 9. The van der Waals surface area contributed by atoms with Crippen LogP contribution in [-0.2, 0) is 4.79 Å². The Labute approximate surface area is 198 Å². The molecule has 0 saturated heterocycles. The summed E-state index contributed by atoms with van der Waals surface area (Å²) in [7, 11) is 1.86. The minimum absolute atomic E-state index is 0.0974. The van der Waals surface area contributed by atoms with E-state index in [4.69, 9.17) is 5.73 Å². The van der Waals surface area contributed by atoms with Crippen molar-refractivity contribution in [3.63, 3.8) is 0 Å². The van der Waals surface area contributed by atoms with Gasteiger partial charge in [-0.05, 0) is 63.0 Å². The molecule has 1 aromatic carbocycles. The maximum atomic E-state index is 14.8. The zero-order chi connectivity index (χ0) is 23.6. The van der Waals surface area contributed by atoms with Gasteiger partial charge in [0.2, 0.25) is 5.95 Å². The molecule has 2 aliphatic carbocycles. The monoisotopic (exact) mass is 470 g/mol. The number of anilines is 3. The summed E-state index contributed by atoms with van der Waals surface area (Å²) in [5.41, 5.74) is 7.68. The molecule has 1 aromatic heterocycles. The zero-order valence-corrected chi connectivity index (χ0v) is 20.2. The smallest absolute Gasteiger partial charge is 0.222 e. The standard InChI is InChI=1S/C24H31FN6OS/c1-15(2)31(3)22-20(12-27-23(26)29-22)28-21(13-32)17-5-6-19(18(25)9-17)30-33-14-16-10-24(11-16)7-4-8-24/h5-6,9,12-13,15-16,30H,4,7-8,10-11,14H2,1-3H3,(H2,26,27,29)/b28-21+. The van der Waals surface area contributed by atoms with Crippen molar-refractivity contribution >= 4 is 47.1 Å². The second-order valence-electron chi connectivity index (χ2n) is 9.49. The average Bonchev–Trinajstić information content (AvgIpc) is 2.73. The van der Waals surface area contributed by atoms with E-state index in [0.29, 0.717) is 34.5 Å². The summed E-state index contributed by atoms with van der Waals surface area (Å²) in [6.45, 7) is 4.00. The number of hydrogen-bond acceptors (Lipinski definition) is 8. The van der Waals surface area contributed by atoms with E-state index >= 15 is 0 Å². The first-order valence-electron chi connectivity index (χ1n) is 11.4. The van der Waals surface area contributed by atoms with Crippen LogP contribution in [0.5, 0.6) is 0 Å². The van der Waals surface area contributed by atoms with Crippen molar-refractivity contribution in [2.45, 2.75) is 52.0 Å². The molecule has 0 atom stereocenters. The van der Waals surface area contributed by atoms with Crippen LogP contribution in [0.4, 0.5) is 27.5 Å². The Morgan fingerprint density at radius 2 is 2.18 bits per heavy atom. The minimum Gasteiger partial charge on any atom is -0.368 e. The number of halogens is 1. The summed E-state index contributed by atoms with van der Waals surface area (Å²) in [6, 6.07) is 4.79. The third-order valence-corrected chi connectivity index (χ3v) is 7.86. The van der Waals surface area contributed by atoms with E-state index in [9.17, 15) is 9.18 Å². The van der Waals surface area contributed by atoms with Crippen molar-refractivity contribution in [2.75, 3.05) is 28.2 Å². The highest BCUT2D eigenvalue weighted by atomic mass is 32.2. The van der Waals surface area contributed by atoms with Crippen molar-refractivity contribution in [3.05, 3.63) is 35.8 Å². The van der Waals surface area contributed by atoms with Gasteiger partial charge in [0.1, 0.15) is 17.2 Å². The molecule has 9 heteroatoms. The summed E-state index contributed by atoms with van der Waals surface area (Å²) in [4.78, 5) is 26.4. The lowest BCUT2D eigenvalue weighted by Gasteiger charge is -2.54. The SMILES string of the molecule is CC(C)N(C)c1nc(N)ncc1/N=C(\C=O)c1ccc(NSCC2CC3(CCC3)C2)c(F)c1. The number of hydrogen-bond donors (Lipinski definition) is 2. The van der Waals surface area contributed by atoms with E-state index in [1.807, 2.05) is 25.8 Å². The summed E-state index contributed by atoms with van der Waals surface area (Å²) >= 11 is 1.55. The summed E-state index contributed by atoms with van der Waals surface area (Å²) < 4.78 is 17.9. The molecule has 2 saturated carbocycles. The number of benzene rings is 1. The molecule has 4 rings (SSSR count). The Balaban J connectivity index is 1.45. The third-order valence-electron chi connectivity index (χ3n) is 6.85. The Morgan fingerprint density at radius 1 is 1.42 bits per heavy atom. The lowest BCUT2D eigenvalue weighted by Crippen LogP contribution is -2.43. The Morgan fingerprint density at radius 3 is 2.79 bits per heavy atom. The first-order chi connectivity index (χ1) is 15.8. The molecule has 1 heterocycles. The van der Waals surface area contributed by atoms with Gasteiger partial charge in [0.15, 0.2) is 12.1 Å². The second kappa shape index (κ2) is 9.67. The lowest BCUT2D eigenvalue weighted by atomic mass is 9.52. The average molecular weight is 471 g/mol. The van der Waals surface area contributed by atoms with Gasteiger partial charge in [-0.15, -0.1) is 0 Å². The molecule has 3 N–H and O–H groups in total. The van der Waals surface area contributed by atoms with E-state index in [-0.39, 0.29) is 17.7 Å². The second-order valence-corrected chi connectivity index (χ2v) is 10.3. The lowest BCUT2D eigenvalue weighted by molar-refractivity contribution is -0.102. The summed E-state index contributed by atoms with van der Waals surface area (Å²) in [5, 5.41) is 0. The van der Waals surface area contributed by atoms with E-state index in [0.717, 1.165) is 11.7 Å². The van der Waals surface area contributed by atoms with Gasteiger partial charge < -0.3 is 15.4 Å². The molecule has 2 aromatic rings. The highest BCUT2D eigenvalue weighted by Crippen LogP contribution is 2.59. The van der Waals surface area contributed by atoms with E-state index in [1.165, 1.54) is 44.4 Å². The van der Waals surface area contributed by atoms with Crippen molar-refractivity contribution in [3.8, 4) is 0 Å². The van der Waals surface area contributed by atoms with Crippen molar-refractivity contribution in [1.29, 1.82) is 0 Å². The normalized spacial score (nSPS) is 17.5. The van der Waals surface area contributed by atoms with Gasteiger partial charge in [0.05, 0.1) is 11.9 Å². The van der Waals surface area contributed by atoms with Crippen LogP contribution in [-0.4, -0.2) is 40.8 Å². The Hall–Kier alpha value is -2.68. The van der Waals surface area contributed by atoms with E-state index in [1.54, 1.807) is 24.1 Å². The van der Waals surface area contributed by atoms with Crippen LogP contribution >= 0.6 is 11.9 Å². The number of nitrogens with one attached hydrogen (secondary N) is 1. The van der Waals surface area contributed by atoms with Gasteiger partial charge in [0.25, 0.3) is 0 Å². The molecular formula is C24H31FN6OS. The molecule has 2 aliphatic rings. The van der Waals surface area contributed by atoms with Gasteiger partial charge in [0, 0.05) is 24.4 Å². The maximum absolute atomic E-state index is 14.8. The van der Waals surface area contributed by atoms with E-state index < -0.39 is 5.82 Å². The largest absolute Gasteiger partial charge is 0.368 e. The predicted molar refractivity (Wildman–Crippen MR) is 134 cm³/mol. The zero-order valence-electron chi connectivity index (χ0n) is 19.3. The van der Waals surface area contributed by atoms with Gasteiger partial charge >= 0.3 is 0 Å². The topological polar surface area (TPSA) is 96.5 Å². The third kappa shape index (κ3) is 5.13. The highest BCUT2D eigenvalue weighted by molar-refractivity contribution is 8.00. The van der Waals surface area contributed by atoms with Gasteiger partial charge in [-0.3, -0.25) is 4.79 Å². The number of aldehydes is 1. The number of nitrogens with zero attached hydrogens (tertiary/aromatic N) is 4. The Kier molecular flexibility index (Phi) is 6.88. The number of nitrogens with two attached hydrogens (primary N) is 1. The van der Waals surface area contributed by atoms with Gasteiger partial charge in [-0.25, -0.2) is 14.4 Å². The molecule has 0 bridgehead atoms. The van der Waals surface area contributed by atoms with E-state index in [2.05, 4.69) is 19.7 Å². The fourth-order valence-corrected chi connectivity index (χ4v) is 5.49. The highest BCUT2D eigenvalue weighted by Gasteiger charge is 2.47. The fourth-order valence-electron chi connectivity index (χ4n) is 4.61. The minimum atomic E-state index is -0.424. The summed E-state index contributed by atoms with van der Waals surface area (Å²) in [5.74, 6) is 1.90. The number of aliphatic imine (C=N–C) groups is 1. The number of carbonyl (C=O) groups excluding carboxylic acids is 1. The molecule has 1 spiro atoms. The molecule has 0 amide bonds. The molecule has 0 radical (unpaired) electrons. The number of carbonyl (C=O) groups is 1. The molecule has 7 nitrogen and oxygen atoms in total. The maximum Gasteiger partial charge on any atom is 0.222 e. The molecule has 0 unspecified atom stereocenters. The van der Waals surface area contributed by atoms with Crippen LogP contribution in [0.25, 0.3) is 0 Å². The van der Waals surface area contributed by atoms with Crippen molar-refractivity contribution in [1.82, 2.24) is 9.97 Å². The number of aromatic nitrogens is 2. The molecule has 176 valence electrons. The van der Waals surface area contributed by atoms with Crippen LogP contribution in [0.2, 0.25) is 0 Å². The first-order valence-corrected chi connectivity index (χ1v) is 12.4. The van der Waals surface area contributed by atoms with Crippen LogP contribution in [0.1, 0.15) is 51.5 Å².